The van der Waals surface area contributed by atoms with Gasteiger partial charge >= 0.3 is 0 Å². The minimum atomic E-state index is -1.06. The number of carbonyl (C=O) groups excluding carboxylic acids is 1. The van der Waals surface area contributed by atoms with E-state index in [0.29, 0.717) is 12.8 Å². The molecule has 0 aromatic heterocycles. The number of halogens is 2. The number of amides is 1. The van der Waals surface area contributed by atoms with Crippen LogP contribution in [0.2, 0.25) is 0 Å². The molecular weight excluding hydrogens is 226 g/mol. The molecule has 0 heterocycles. The predicted octanol–water partition coefficient (Wildman–Crippen LogP) is 2.42. The van der Waals surface area contributed by atoms with E-state index in [1.807, 2.05) is 0 Å². The third-order valence-corrected chi connectivity index (χ3v) is 2.89. The van der Waals surface area contributed by atoms with Gasteiger partial charge in [-0.2, -0.15) is 0 Å². The van der Waals surface area contributed by atoms with Gasteiger partial charge in [0, 0.05) is 6.07 Å². The number of anilines is 1. The molecule has 0 aliphatic heterocycles. The predicted molar refractivity (Wildman–Crippen MR) is 62.5 cm³/mol. The van der Waals surface area contributed by atoms with Crippen LogP contribution in [-0.2, 0) is 4.79 Å². The van der Waals surface area contributed by atoms with Crippen molar-refractivity contribution >= 4 is 11.6 Å². The van der Waals surface area contributed by atoms with Gasteiger partial charge in [0.15, 0.2) is 0 Å². The smallest absolute Gasteiger partial charge is 0.244 e. The summed E-state index contributed by atoms with van der Waals surface area (Å²) in [6.07, 6.45) is 0.846. The fourth-order valence-electron chi connectivity index (χ4n) is 1.41. The van der Waals surface area contributed by atoms with Crippen molar-refractivity contribution in [2.75, 3.05) is 5.32 Å². The summed E-state index contributed by atoms with van der Waals surface area (Å²) in [7, 11) is 0. The summed E-state index contributed by atoms with van der Waals surface area (Å²) in [6.45, 7) is 3.54. The summed E-state index contributed by atoms with van der Waals surface area (Å²) in [6, 6.07) is 2.88. The zero-order valence-electron chi connectivity index (χ0n) is 9.89. The van der Waals surface area contributed by atoms with E-state index in [-0.39, 0.29) is 5.69 Å². The van der Waals surface area contributed by atoms with Gasteiger partial charge in [0.2, 0.25) is 5.91 Å². The largest absolute Gasteiger partial charge is 0.322 e. The van der Waals surface area contributed by atoms with E-state index in [1.54, 1.807) is 13.8 Å². The van der Waals surface area contributed by atoms with Gasteiger partial charge in [-0.15, -0.1) is 0 Å². The lowest BCUT2D eigenvalue weighted by molar-refractivity contribution is -0.121. The van der Waals surface area contributed by atoms with E-state index < -0.39 is 23.1 Å². The summed E-state index contributed by atoms with van der Waals surface area (Å²) in [5.74, 6) is -1.81. The van der Waals surface area contributed by atoms with Gasteiger partial charge in [0.25, 0.3) is 0 Å². The van der Waals surface area contributed by atoms with Gasteiger partial charge < -0.3 is 11.1 Å². The number of benzene rings is 1. The van der Waals surface area contributed by atoms with E-state index >= 15 is 0 Å². The Morgan fingerprint density at radius 3 is 2.47 bits per heavy atom. The lowest BCUT2D eigenvalue weighted by Gasteiger charge is -2.25. The fraction of sp³-hybridized carbons (Fsp3) is 0.417. The van der Waals surface area contributed by atoms with Gasteiger partial charge in [0.05, 0.1) is 11.2 Å². The van der Waals surface area contributed by atoms with Crippen LogP contribution in [-0.4, -0.2) is 11.4 Å². The van der Waals surface area contributed by atoms with Gasteiger partial charge in [-0.3, -0.25) is 4.79 Å². The van der Waals surface area contributed by atoms with Gasteiger partial charge in [-0.1, -0.05) is 13.8 Å². The standard InChI is InChI=1S/C12H16F2N2O/c1-3-12(15,4-2)11(17)16-10-7-8(13)5-6-9(10)14/h5-7H,3-4,15H2,1-2H3,(H,16,17). The minimum absolute atomic E-state index is 0.188. The Labute approximate surface area is 99.0 Å². The number of rotatable bonds is 4. The van der Waals surface area contributed by atoms with E-state index in [4.69, 9.17) is 5.73 Å². The molecule has 0 fully saturated rings. The molecule has 1 rings (SSSR count). The molecule has 0 aliphatic carbocycles. The summed E-state index contributed by atoms with van der Waals surface area (Å²) >= 11 is 0. The normalized spacial score (nSPS) is 11.4. The van der Waals surface area contributed by atoms with Crippen molar-refractivity contribution in [2.45, 2.75) is 32.2 Å². The molecule has 17 heavy (non-hydrogen) atoms. The highest BCUT2D eigenvalue weighted by atomic mass is 19.1. The van der Waals surface area contributed by atoms with Crippen LogP contribution in [0.1, 0.15) is 26.7 Å². The van der Waals surface area contributed by atoms with Crippen LogP contribution < -0.4 is 11.1 Å². The number of nitrogens with two attached hydrogens (primary N) is 1. The fourth-order valence-corrected chi connectivity index (χ4v) is 1.41. The summed E-state index contributed by atoms with van der Waals surface area (Å²) in [4.78, 5) is 11.8. The van der Waals surface area contributed by atoms with Crippen LogP contribution in [0.3, 0.4) is 0 Å². The van der Waals surface area contributed by atoms with Crippen molar-refractivity contribution in [2.24, 2.45) is 5.73 Å². The highest BCUT2D eigenvalue weighted by Crippen LogP contribution is 2.19. The lowest BCUT2D eigenvalue weighted by Crippen LogP contribution is -2.50. The second kappa shape index (κ2) is 5.23. The van der Waals surface area contributed by atoms with Crippen LogP contribution >= 0.6 is 0 Å². The Kier molecular flexibility index (Phi) is 4.17. The van der Waals surface area contributed by atoms with E-state index in [2.05, 4.69) is 5.32 Å². The van der Waals surface area contributed by atoms with Crippen LogP contribution in [0.25, 0.3) is 0 Å². The Balaban J connectivity index is 2.91. The third kappa shape index (κ3) is 3.00. The van der Waals surface area contributed by atoms with Crippen molar-refractivity contribution in [3.63, 3.8) is 0 Å². The number of hydrogen-bond donors (Lipinski definition) is 2. The van der Waals surface area contributed by atoms with E-state index in [1.165, 1.54) is 0 Å². The molecule has 0 atom stereocenters. The monoisotopic (exact) mass is 242 g/mol. The molecule has 3 N–H and O–H groups in total. The number of hydrogen-bond acceptors (Lipinski definition) is 2. The van der Waals surface area contributed by atoms with E-state index in [0.717, 1.165) is 18.2 Å². The van der Waals surface area contributed by atoms with Crippen molar-refractivity contribution in [3.8, 4) is 0 Å². The molecule has 0 bridgehead atoms. The van der Waals surface area contributed by atoms with E-state index in [9.17, 15) is 13.6 Å². The van der Waals surface area contributed by atoms with Crippen molar-refractivity contribution in [1.29, 1.82) is 0 Å². The Morgan fingerprint density at radius 2 is 1.94 bits per heavy atom. The van der Waals surface area contributed by atoms with Crippen LogP contribution in [0.4, 0.5) is 14.5 Å². The van der Waals surface area contributed by atoms with Gasteiger partial charge in [-0.25, -0.2) is 8.78 Å². The maximum Gasteiger partial charge on any atom is 0.244 e. The topological polar surface area (TPSA) is 55.1 Å². The van der Waals surface area contributed by atoms with Crippen LogP contribution in [0.15, 0.2) is 18.2 Å². The maximum absolute atomic E-state index is 13.3. The van der Waals surface area contributed by atoms with Gasteiger partial charge in [0.1, 0.15) is 11.6 Å². The van der Waals surface area contributed by atoms with Gasteiger partial charge in [-0.05, 0) is 25.0 Å². The molecule has 0 spiro atoms. The van der Waals surface area contributed by atoms with Crippen molar-refractivity contribution in [3.05, 3.63) is 29.8 Å². The number of nitrogens with one attached hydrogen (secondary N) is 1. The average Bonchev–Trinajstić information content (AvgIpc) is 2.32. The first-order valence-electron chi connectivity index (χ1n) is 5.48. The third-order valence-electron chi connectivity index (χ3n) is 2.89. The molecule has 0 unspecified atom stereocenters. The summed E-state index contributed by atoms with van der Waals surface area (Å²) in [5, 5.41) is 2.31. The summed E-state index contributed by atoms with van der Waals surface area (Å²) < 4.78 is 26.2. The molecule has 0 aliphatic rings. The molecule has 94 valence electrons. The van der Waals surface area contributed by atoms with Crippen molar-refractivity contribution < 1.29 is 13.6 Å². The van der Waals surface area contributed by atoms with Crippen LogP contribution in [0.5, 0.6) is 0 Å². The zero-order valence-corrected chi connectivity index (χ0v) is 9.89. The highest BCUT2D eigenvalue weighted by molar-refractivity contribution is 5.97. The molecule has 0 radical (unpaired) electrons. The molecular formula is C12H16F2N2O. The quantitative estimate of drug-likeness (QED) is 0.852. The Morgan fingerprint density at radius 1 is 1.35 bits per heavy atom. The van der Waals surface area contributed by atoms with Crippen molar-refractivity contribution in [1.82, 2.24) is 0 Å². The maximum atomic E-state index is 13.3. The van der Waals surface area contributed by atoms with Crippen LogP contribution in [0, 0.1) is 11.6 Å². The second-order valence-electron chi connectivity index (χ2n) is 3.94. The zero-order chi connectivity index (χ0) is 13.1. The molecule has 0 saturated heterocycles. The lowest BCUT2D eigenvalue weighted by atomic mass is 9.93. The molecule has 1 amide bonds. The first kappa shape index (κ1) is 13.6. The Hall–Kier alpha value is -1.49. The average molecular weight is 242 g/mol. The highest BCUT2D eigenvalue weighted by Gasteiger charge is 2.30. The summed E-state index contributed by atoms with van der Waals surface area (Å²) in [5.41, 5.74) is 4.60. The second-order valence-corrected chi connectivity index (χ2v) is 3.94. The number of carbonyl (C=O) groups is 1. The molecule has 1 aromatic rings. The first-order valence-corrected chi connectivity index (χ1v) is 5.48. The first-order chi connectivity index (χ1) is 7.92. The SMILES string of the molecule is CCC(N)(CC)C(=O)Nc1cc(F)ccc1F. The molecule has 1 aromatic carbocycles. The Bertz CT molecular complexity index is 417. The molecule has 5 heteroatoms. The molecule has 3 nitrogen and oxygen atoms in total. The minimum Gasteiger partial charge on any atom is -0.322 e. The molecule has 0 saturated carbocycles.